The second kappa shape index (κ2) is 6.70. The Morgan fingerprint density at radius 2 is 2.26 bits per heavy atom. The van der Waals surface area contributed by atoms with Gasteiger partial charge in [-0.3, -0.25) is 0 Å². The van der Waals surface area contributed by atoms with Crippen molar-refractivity contribution in [1.82, 2.24) is 15.3 Å². The number of likely N-dealkylation sites (N-methyl/N-ethyl adjacent to an activating group) is 1. The van der Waals surface area contributed by atoms with Crippen LogP contribution in [-0.4, -0.2) is 42.8 Å². The molecule has 1 fully saturated rings. The molecule has 0 bridgehead atoms. The summed E-state index contributed by atoms with van der Waals surface area (Å²) in [6, 6.07) is 0.564. The standard InChI is InChI=1S/C14H24N4O/c1-4-18(9-12-7-5-6-8-15-12)13-11(2)14(19-3)17-10-16-13/h10,12,15H,4-9H2,1-3H3. The fraction of sp³-hybridized carbons (Fsp3) is 0.714. The second-order valence-electron chi connectivity index (χ2n) is 5.02. The minimum Gasteiger partial charge on any atom is -0.481 e. The van der Waals surface area contributed by atoms with Gasteiger partial charge in [-0.1, -0.05) is 6.42 Å². The normalized spacial score (nSPS) is 19.2. The van der Waals surface area contributed by atoms with Crippen LogP contribution in [0.3, 0.4) is 0 Å². The van der Waals surface area contributed by atoms with Crippen LogP contribution in [0, 0.1) is 6.92 Å². The van der Waals surface area contributed by atoms with Crippen molar-refractivity contribution in [3.8, 4) is 5.88 Å². The Hall–Kier alpha value is -1.36. The zero-order valence-electron chi connectivity index (χ0n) is 12.1. The molecule has 1 aromatic rings. The summed E-state index contributed by atoms with van der Waals surface area (Å²) in [6.07, 6.45) is 5.44. The van der Waals surface area contributed by atoms with Crippen molar-refractivity contribution in [3.63, 3.8) is 0 Å². The average Bonchev–Trinajstić information content (AvgIpc) is 2.46. The molecule has 19 heavy (non-hydrogen) atoms. The van der Waals surface area contributed by atoms with Crippen molar-refractivity contribution in [2.75, 3.05) is 31.6 Å². The Bertz CT molecular complexity index is 404. The molecule has 1 unspecified atom stereocenters. The largest absolute Gasteiger partial charge is 0.481 e. The highest BCUT2D eigenvalue weighted by Gasteiger charge is 2.19. The molecule has 2 heterocycles. The summed E-state index contributed by atoms with van der Waals surface area (Å²) in [7, 11) is 1.65. The number of hydrogen-bond acceptors (Lipinski definition) is 5. The highest BCUT2D eigenvalue weighted by atomic mass is 16.5. The zero-order chi connectivity index (χ0) is 13.7. The number of rotatable bonds is 5. The molecule has 0 radical (unpaired) electrons. The van der Waals surface area contributed by atoms with Crippen LogP contribution in [-0.2, 0) is 0 Å². The quantitative estimate of drug-likeness (QED) is 0.878. The number of aromatic nitrogens is 2. The van der Waals surface area contributed by atoms with Crippen LogP contribution >= 0.6 is 0 Å². The summed E-state index contributed by atoms with van der Waals surface area (Å²) < 4.78 is 5.28. The van der Waals surface area contributed by atoms with Crippen molar-refractivity contribution >= 4 is 5.82 Å². The summed E-state index contributed by atoms with van der Waals surface area (Å²) in [6.45, 7) is 7.26. The molecule has 1 aliphatic heterocycles. The molecule has 1 aliphatic rings. The molecule has 106 valence electrons. The third-order valence-electron chi connectivity index (χ3n) is 3.74. The lowest BCUT2D eigenvalue weighted by atomic mass is 10.0. The van der Waals surface area contributed by atoms with Crippen molar-refractivity contribution in [1.29, 1.82) is 0 Å². The van der Waals surface area contributed by atoms with Gasteiger partial charge in [0.05, 0.1) is 12.7 Å². The average molecular weight is 264 g/mol. The van der Waals surface area contributed by atoms with Gasteiger partial charge in [-0.2, -0.15) is 0 Å². The van der Waals surface area contributed by atoms with Crippen molar-refractivity contribution < 1.29 is 4.74 Å². The molecule has 5 heteroatoms. The lowest BCUT2D eigenvalue weighted by Gasteiger charge is -2.31. The van der Waals surface area contributed by atoms with Gasteiger partial charge in [-0.05, 0) is 33.2 Å². The maximum absolute atomic E-state index is 5.28. The van der Waals surface area contributed by atoms with Crippen LogP contribution < -0.4 is 15.0 Å². The smallest absolute Gasteiger partial charge is 0.221 e. The fourth-order valence-electron chi connectivity index (χ4n) is 2.66. The van der Waals surface area contributed by atoms with Crippen LogP contribution in [0.4, 0.5) is 5.82 Å². The van der Waals surface area contributed by atoms with Gasteiger partial charge in [0.2, 0.25) is 5.88 Å². The maximum Gasteiger partial charge on any atom is 0.221 e. The monoisotopic (exact) mass is 264 g/mol. The Labute approximate surface area is 115 Å². The first-order valence-electron chi connectivity index (χ1n) is 7.10. The van der Waals surface area contributed by atoms with Crippen molar-refractivity contribution in [2.45, 2.75) is 39.2 Å². The Morgan fingerprint density at radius 1 is 1.42 bits per heavy atom. The third kappa shape index (κ3) is 3.35. The SMILES string of the molecule is CCN(CC1CCCCN1)c1ncnc(OC)c1C. The van der Waals surface area contributed by atoms with E-state index in [-0.39, 0.29) is 0 Å². The summed E-state index contributed by atoms with van der Waals surface area (Å²) in [5.41, 5.74) is 1.02. The molecule has 0 spiro atoms. The number of nitrogens with one attached hydrogen (secondary N) is 1. The van der Waals surface area contributed by atoms with Crippen LogP contribution in [0.25, 0.3) is 0 Å². The molecular weight excluding hydrogens is 240 g/mol. The maximum atomic E-state index is 5.28. The molecule has 1 N–H and O–H groups in total. The van der Waals surface area contributed by atoms with Gasteiger partial charge < -0.3 is 15.0 Å². The van der Waals surface area contributed by atoms with E-state index >= 15 is 0 Å². The minimum absolute atomic E-state index is 0.564. The molecule has 2 rings (SSSR count). The van der Waals surface area contributed by atoms with Gasteiger partial charge >= 0.3 is 0 Å². The van der Waals surface area contributed by atoms with E-state index in [9.17, 15) is 0 Å². The van der Waals surface area contributed by atoms with Gasteiger partial charge in [0.1, 0.15) is 12.1 Å². The Kier molecular flexibility index (Phi) is 4.96. The van der Waals surface area contributed by atoms with E-state index in [1.165, 1.54) is 19.3 Å². The van der Waals surface area contributed by atoms with Gasteiger partial charge in [0, 0.05) is 19.1 Å². The minimum atomic E-state index is 0.564. The number of methoxy groups -OCH3 is 1. The molecule has 0 aromatic carbocycles. The first-order valence-corrected chi connectivity index (χ1v) is 7.10. The van der Waals surface area contributed by atoms with Gasteiger partial charge in [-0.15, -0.1) is 0 Å². The molecule has 0 aliphatic carbocycles. The third-order valence-corrected chi connectivity index (χ3v) is 3.74. The first kappa shape index (κ1) is 14.1. The van der Waals surface area contributed by atoms with Crippen LogP contribution in [0.15, 0.2) is 6.33 Å². The summed E-state index contributed by atoms with van der Waals surface area (Å²) in [5.74, 6) is 1.65. The Morgan fingerprint density at radius 3 is 2.89 bits per heavy atom. The molecule has 0 saturated carbocycles. The molecule has 1 atom stereocenters. The van der Waals surface area contributed by atoms with Crippen molar-refractivity contribution in [3.05, 3.63) is 11.9 Å². The van der Waals surface area contributed by atoms with Gasteiger partial charge in [-0.25, -0.2) is 9.97 Å². The predicted molar refractivity (Wildman–Crippen MR) is 76.8 cm³/mol. The highest BCUT2D eigenvalue weighted by molar-refractivity contribution is 5.50. The van der Waals surface area contributed by atoms with E-state index in [2.05, 4.69) is 27.1 Å². The van der Waals surface area contributed by atoms with Crippen LogP contribution in [0.5, 0.6) is 5.88 Å². The highest BCUT2D eigenvalue weighted by Crippen LogP contribution is 2.24. The van der Waals surface area contributed by atoms with E-state index < -0.39 is 0 Å². The van der Waals surface area contributed by atoms with Crippen molar-refractivity contribution in [2.24, 2.45) is 0 Å². The van der Waals surface area contributed by atoms with Crippen LogP contribution in [0.2, 0.25) is 0 Å². The topological polar surface area (TPSA) is 50.3 Å². The van der Waals surface area contributed by atoms with Gasteiger partial charge in [0.25, 0.3) is 0 Å². The number of nitrogens with zero attached hydrogens (tertiary/aromatic N) is 3. The first-order chi connectivity index (χ1) is 9.26. The molecule has 0 amide bonds. The molecule has 1 aromatic heterocycles. The second-order valence-corrected chi connectivity index (χ2v) is 5.02. The van der Waals surface area contributed by atoms with E-state index in [1.54, 1.807) is 13.4 Å². The molecule has 5 nitrogen and oxygen atoms in total. The predicted octanol–water partition coefficient (Wildman–Crippen LogP) is 1.76. The van der Waals surface area contributed by atoms with E-state index in [4.69, 9.17) is 4.74 Å². The lowest BCUT2D eigenvalue weighted by molar-refractivity contribution is 0.390. The Balaban J connectivity index is 2.12. The van der Waals surface area contributed by atoms with Gasteiger partial charge in [0.15, 0.2) is 0 Å². The zero-order valence-corrected chi connectivity index (χ0v) is 12.1. The number of hydrogen-bond donors (Lipinski definition) is 1. The molecular formula is C14H24N4O. The number of anilines is 1. The number of ether oxygens (including phenoxy) is 1. The number of piperidine rings is 1. The molecule has 1 saturated heterocycles. The summed E-state index contributed by atoms with van der Waals surface area (Å²) in [4.78, 5) is 10.9. The summed E-state index contributed by atoms with van der Waals surface area (Å²) in [5, 5.41) is 3.59. The van der Waals surface area contributed by atoms with E-state index in [0.717, 1.165) is 31.0 Å². The summed E-state index contributed by atoms with van der Waals surface area (Å²) >= 11 is 0. The van der Waals surface area contributed by atoms with Crippen LogP contribution in [0.1, 0.15) is 31.7 Å². The van der Waals surface area contributed by atoms with E-state index in [0.29, 0.717) is 11.9 Å². The lowest BCUT2D eigenvalue weighted by Crippen LogP contribution is -2.44. The van der Waals surface area contributed by atoms with E-state index in [1.807, 2.05) is 6.92 Å². The fourth-order valence-corrected chi connectivity index (χ4v) is 2.66.